The zero-order valence-electron chi connectivity index (χ0n) is 61.6. The van der Waals surface area contributed by atoms with E-state index >= 15 is 0 Å². The zero-order chi connectivity index (χ0) is 81.5. The van der Waals surface area contributed by atoms with Crippen LogP contribution in [0.4, 0.5) is 44.2 Å². The number of carbonyl (C=O) groups is 4. The second kappa shape index (κ2) is 45.1. The van der Waals surface area contributed by atoms with Crippen molar-refractivity contribution in [2.45, 2.75) is 77.5 Å². The fourth-order valence-corrected chi connectivity index (χ4v) is 14.4. The number of nitrogens with zero attached hydrogens (tertiary/aromatic N) is 10. The first kappa shape index (κ1) is 90.4. The van der Waals surface area contributed by atoms with Gasteiger partial charge in [-0.15, -0.1) is 0 Å². The highest BCUT2D eigenvalue weighted by molar-refractivity contribution is 9.10. The van der Waals surface area contributed by atoms with E-state index in [1.54, 1.807) is 80.0 Å². The molecule has 111 heavy (non-hydrogen) atoms. The Morgan fingerprint density at radius 3 is 1.20 bits per heavy atom. The maximum absolute atomic E-state index is 12.6. The van der Waals surface area contributed by atoms with Crippen molar-refractivity contribution in [2.24, 2.45) is 0 Å². The minimum Gasteiger partial charge on any atom is -0.505 e. The Morgan fingerprint density at radius 1 is 0.450 bits per heavy atom. The highest BCUT2D eigenvalue weighted by atomic mass is 79.9. The lowest BCUT2D eigenvalue weighted by Gasteiger charge is -2.25. The van der Waals surface area contributed by atoms with Crippen LogP contribution in [0.2, 0.25) is 10.0 Å². The van der Waals surface area contributed by atoms with Crippen molar-refractivity contribution < 1.29 is 61.9 Å². The van der Waals surface area contributed by atoms with E-state index in [-0.39, 0.29) is 54.9 Å². The Kier molecular flexibility index (Phi) is 36.8. The molecule has 4 saturated heterocycles. The standard InChI is InChI=1S/C19H21N3O3.C19H23N3O.C13H16BrN3O3.C8H15NO.C6H7BO2.C6H3BrFNO2.C6H3Cl3O3S/c1-15(23)20-10-5-11-21(13-12-20)18-9-8-17(14-19(18)22(24)25)16-6-3-2-4-7-16;1-15(23)21-10-5-11-22(13-12-21)19-9-8-17(14-18(19)20)16-6-3-2-4-7-16;1-10(18)15-5-2-6-16(8-7-15)12-4-3-11(14)9-13(12)17(19)20;1-8(10)9-6-4-2-3-5-7-9;8-7(9)6-4-2-1-3-5-6;7-4-1-2-5(8)6(3-4)9(10)11;7-3-1-4(8)6(10)5(2-3)13(9,11)12/h2-4,6-9,14H,5,10-13H2,1H3;2-4,6-9,14H,5,10-13,20H2,1H3;3-4,9H,2,5-8H2,1H3;2-7H2,1H3;1-5,8-9H;1-3H;1-2,10H. The summed E-state index contributed by atoms with van der Waals surface area (Å²) in [6.07, 6.45) is 7.57. The van der Waals surface area contributed by atoms with Crippen LogP contribution in [0.15, 0.2) is 190 Å². The van der Waals surface area contributed by atoms with E-state index < -0.39 is 43.2 Å². The maximum Gasteiger partial charge on any atom is 0.488 e. The second-order valence-corrected chi connectivity index (χ2v) is 30.8. The van der Waals surface area contributed by atoms with Crippen molar-refractivity contribution >= 4 is 151 Å². The summed E-state index contributed by atoms with van der Waals surface area (Å²) in [5.74, 6) is -0.923. The molecule has 8 aromatic rings. The van der Waals surface area contributed by atoms with Crippen LogP contribution in [0.5, 0.6) is 5.75 Å². The molecule has 4 amide bonds. The number of benzene rings is 8. The van der Waals surface area contributed by atoms with Crippen molar-refractivity contribution in [3.63, 3.8) is 0 Å². The van der Waals surface area contributed by atoms with Gasteiger partial charge < -0.3 is 55.2 Å². The number of rotatable bonds is 10. The Hall–Kier alpha value is -9.47. The third-order valence-electron chi connectivity index (χ3n) is 17.9. The van der Waals surface area contributed by atoms with Crippen LogP contribution in [0, 0.1) is 36.2 Å². The zero-order valence-corrected chi connectivity index (χ0v) is 67.9. The summed E-state index contributed by atoms with van der Waals surface area (Å²) in [5, 5.41) is 59.2. The molecule has 4 heterocycles. The van der Waals surface area contributed by atoms with E-state index in [1.165, 1.54) is 49.4 Å². The molecule has 4 aliphatic rings. The van der Waals surface area contributed by atoms with Crippen LogP contribution in [-0.2, 0) is 28.2 Å². The monoisotopic (exact) mass is 1730 g/mol. The lowest BCUT2D eigenvalue weighted by atomic mass is 9.81. The molecule has 4 fully saturated rings. The molecule has 0 atom stereocenters. The third kappa shape index (κ3) is 29.3. The number of nitrogen functional groups attached to an aromatic ring is 1. The quantitative estimate of drug-likeness (QED) is 0.0325. The molecule has 0 bridgehead atoms. The number of carbonyl (C=O) groups excluding carboxylic acids is 4. The van der Waals surface area contributed by atoms with E-state index in [0.29, 0.717) is 78.1 Å². The normalized spacial score (nSPS) is 14.3. The van der Waals surface area contributed by atoms with Gasteiger partial charge in [0.15, 0.2) is 5.75 Å². The molecule has 0 spiro atoms. The van der Waals surface area contributed by atoms with Crippen LogP contribution in [0.3, 0.4) is 0 Å². The molecule has 0 aliphatic carbocycles. The van der Waals surface area contributed by atoms with Gasteiger partial charge in [-0.05, 0) is 114 Å². The summed E-state index contributed by atoms with van der Waals surface area (Å²) in [4.78, 5) is 90.1. The molecule has 0 saturated carbocycles. The van der Waals surface area contributed by atoms with E-state index in [4.69, 9.17) is 49.7 Å². The number of anilines is 4. The van der Waals surface area contributed by atoms with Gasteiger partial charge in [-0.1, -0.05) is 171 Å². The Balaban J connectivity index is 0.000000209. The molecule has 0 radical (unpaired) electrons. The number of amides is 4. The highest BCUT2D eigenvalue weighted by Gasteiger charge is 2.27. The lowest BCUT2D eigenvalue weighted by Crippen LogP contribution is -2.33. The van der Waals surface area contributed by atoms with Gasteiger partial charge in [-0.2, -0.15) is 4.39 Å². The van der Waals surface area contributed by atoms with Crippen molar-refractivity contribution in [2.75, 3.05) is 112 Å². The number of nitro benzene ring substituents is 3. The number of nitro groups is 3. The predicted octanol–water partition coefficient (Wildman–Crippen LogP) is 14.6. The number of nitrogens with two attached hydrogens (primary N) is 1. The summed E-state index contributed by atoms with van der Waals surface area (Å²) < 4.78 is 35.4. The fraction of sp³-hybridized carbons (Fsp3) is 0.325. The molecular formula is C77H88BBr2Cl3FN11O15S. The molecule has 26 nitrogen and oxygen atoms in total. The summed E-state index contributed by atoms with van der Waals surface area (Å²) >= 11 is 17.2. The molecular weight excluding hydrogens is 1650 g/mol. The topological polar surface area (TPSA) is 341 Å². The number of hydrogen-bond donors (Lipinski definition) is 4. The number of halogens is 6. The van der Waals surface area contributed by atoms with E-state index in [1.807, 2.05) is 92.4 Å². The summed E-state index contributed by atoms with van der Waals surface area (Å²) in [7, 11) is -0.364. The van der Waals surface area contributed by atoms with Gasteiger partial charge in [0, 0.05) is 162 Å². The van der Waals surface area contributed by atoms with E-state index in [2.05, 4.69) is 61.0 Å². The average Bonchev–Trinajstić information content (AvgIpc) is 1.60. The van der Waals surface area contributed by atoms with Crippen molar-refractivity contribution in [3.8, 4) is 28.0 Å². The molecule has 8 aromatic carbocycles. The molecule has 5 N–H and O–H groups in total. The summed E-state index contributed by atoms with van der Waals surface area (Å²) in [6, 6.07) is 51.1. The fourth-order valence-electron chi connectivity index (χ4n) is 12.1. The Bertz CT molecular complexity index is 4580. The number of likely N-dealkylation sites (tertiary alicyclic amines) is 1. The van der Waals surface area contributed by atoms with Crippen molar-refractivity contribution in [1.82, 2.24) is 19.6 Å². The van der Waals surface area contributed by atoms with Gasteiger partial charge in [-0.25, -0.2) is 8.42 Å². The summed E-state index contributed by atoms with van der Waals surface area (Å²) in [5.41, 5.74) is 13.7. The second-order valence-electron chi connectivity index (χ2n) is 25.6. The minimum atomic E-state index is -4.03. The highest BCUT2D eigenvalue weighted by Crippen LogP contribution is 2.38. The molecule has 4 aliphatic heterocycles. The molecule has 0 unspecified atom stereocenters. The van der Waals surface area contributed by atoms with Crippen LogP contribution in [0.25, 0.3) is 22.3 Å². The van der Waals surface area contributed by atoms with Gasteiger partial charge in [0.05, 0.1) is 31.2 Å². The average molecular weight is 1740 g/mol. The van der Waals surface area contributed by atoms with Gasteiger partial charge in [0.25, 0.3) is 20.4 Å². The van der Waals surface area contributed by atoms with Gasteiger partial charge in [0.1, 0.15) is 16.3 Å². The minimum absolute atomic E-state index is 0.0516. The van der Waals surface area contributed by atoms with E-state index in [0.717, 1.165) is 105 Å². The van der Waals surface area contributed by atoms with Crippen LogP contribution < -0.4 is 25.9 Å². The van der Waals surface area contributed by atoms with E-state index in [9.17, 15) is 67.4 Å². The third-order valence-corrected chi connectivity index (χ3v) is 20.7. The molecule has 0 aromatic heterocycles. The molecule has 592 valence electrons. The smallest absolute Gasteiger partial charge is 0.488 e. The van der Waals surface area contributed by atoms with Crippen molar-refractivity contribution in [3.05, 3.63) is 231 Å². The first-order valence-electron chi connectivity index (χ1n) is 35.4. The van der Waals surface area contributed by atoms with Gasteiger partial charge >= 0.3 is 12.8 Å². The largest absolute Gasteiger partial charge is 0.505 e. The molecule has 34 heteroatoms. The van der Waals surface area contributed by atoms with Crippen LogP contribution >= 0.6 is 65.7 Å². The SMILES string of the molecule is CC(=O)N1CCCCCC1.CC(=O)N1CCCN(c2ccc(-c3ccccc3)cc2N)CC1.CC(=O)N1CCCN(c2ccc(-c3ccccc3)cc2[N+](=O)[O-])CC1.CC(=O)N1CCCN(c2ccc(Br)cc2[N+](=O)[O-])CC1.O=S(=O)(Cl)c1cc(Cl)cc(Cl)c1O.O=[N+]([O-])c1cc(Br)ccc1F.OB(O)c1ccccc1. The molecule has 12 rings (SSSR count). The van der Waals surface area contributed by atoms with Crippen molar-refractivity contribution in [1.29, 1.82) is 0 Å². The number of hydrogen-bond acceptors (Lipinski definition) is 19. The summed E-state index contributed by atoms with van der Waals surface area (Å²) in [6.45, 7) is 16.9. The maximum atomic E-state index is 12.6. The number of phenolic OH excluding ortho intramolecular Hbond substituents is 1. The number of phenols is 1. The lowest BCUT2D eigenvalue weighted by molar-refractivity contribution is -0.387. The Morgan fingerprint density at radius 2 is 0.811 bits per heavy atom. The first-order chi connectivity index (χ1) is 52.7. The Labute approximate surface area is 676 Å². The predicted molar refractivity (Wildman–Crippen MR) is 442 cm³/mol. The number of aromatic hydroxyl groups is 1. The van der Waals surface area contributed by atoms with Crippen LogP contribution in [-0.4, -0.2) is 180 Å². The van der Waals surface area contributed by atoms with Gasteiger partial charge in [0.2, 0.25) is 29.4 Å². The van der Waals surface area contributed by atoms with Crippen LogP contribution in [0.1, 0.15) is 72.6 Å². The van der Waals surface area contributed by atoms with Gasteiger partial charge in [-0.3, -0.25) is 49.5 Å². The first-order valence-corrected chi connectivity index (χ1v) is 40.0.